The van der Waals surface area contributed by atoms with E-state index in [-0.39, 0.29) is 16.5 Å². The molecule has 0 aliphatic carbocycles. The molecule has 0 spiro atoms. The minimum Gasteiger partial charge on any atom is -0.496 e. The zero-order valence-electron chi connectivity index (χ0n) is 22.6. The lowest BCUT2D eigenvalue weighted by Gasteiger charge is -2.26. The topological polar surface area (TPSA) is 84.9 Å². The standard InChI is InChI=1S/C29H35FN2O5S/c1-7-37-24-12-14-25(15-13-24)38(34,35)32(23-10-8-22(30)9-11-23)18-29(33)31-21(5)27-17-26(19(2)3)28(36-6)16-20(27)4/h8-17,19,21H,7,18H2,1-6H3,(H,31,33)/t21-/m1/s1. The van der Waals surface area contributed by atoms with Crippen LogP contribution in [0.15, 0.2) is 65.6 Å². The minimum absolute atomic E-state index is 0.0151. The van der Waals surface area contributed by atoms with Crippen molar-refractivity contribution < 1.29 is 27.1 Å². The van der Waals surface area contributed by atoms with Gasteiger partial charge in [-0.1, -0.05) is 13.8 Å². The number of ether oxygens (including phenoxy) is 2. The molecule has 0 heterocycles. The first-order valence-corrected chi connectivity index (χ1v) is 13.9. The van der Waals surface area contributed by atoms with Gasteiger partial charge < -0.3 is 14.8 Å². The first kappa shape index (κ1) is 29.0. The quantitative estimate of drug-likeness (QED) is 0.334. The Morgan fingerprint density at radius 2 is 1.63 bits per heavy atom. The van der Waals surface area contributed by atoms with E-state index in [0.717, 1.165) is 38.9 Å². The molecule has 3 rings (SSSR count). The molecule has 0 aliphatic heterocycles. The molecule has 0 fully saturated rings. The van der Waals surface area contributed by atoms with E-state index in [1.165, 1.54) is 24.3 Å². The van der Waals surface area contributed by atoms with Gasteiger partial charge in [-0.05, 0) is 104 Å². The van der Waals surface area contributed by atoms with Gasteiger partial charge in [0.05, 0.1) is 30.3 Å². The van der Waals surface area contributed by atoms with Gasteiger partial charge in [0.1, 0.15) is 23.9 Å². The Labute approximate surface area is 224 Å². The molecule has 0 saturated heterocycles. The summed E-state index contributed by atoms with van der Waals surface area (Å²) in [6, 6.07) is 14.5. The molecule has 3 aromatic rings. The van der Waals surface area contributed by atoms with Gasteiger partial charge in [0, 0.05) is 0 Å². The highest BCUT2D eigenvalue weighted by Gasteiger charge is 2.28. The molecule has 1 N–H and O–H groups in total. The Bertz CT molecular complexity index is 1360. The predicted octanol–water partition coefficient (Wildman–Crippen LogP) is 5.74. The maximum absolute atomic E-state index is 13.6. The number of aryl methyl sites for hydroxylation is 1. The van der Waals surface area contributed by atoms with Crippen molar-refractivity contribution in [1.82, 2.24) is 5.32 Å². The van der Waals surface area contributed by atoms with Crippen LogP contribution in [-0.2, 0) is 14.8 Å². The van der Waals surface area contributed by atoms with Gasteiger partial charge in [-0.3, -0.25) is 9.10 Å². The molecule has 0 saturated carbocycles. The highest BCUT2D eigenvalue weighted by Crippen LogP contribution is 2.32. The van der Waals surface area contributed by atoms with Crippen molar-refractivity contribution in [1.29, 1.82) is 0 Å². The van der Waals surface area contributed by atoms with Crippen molar-refractivity contribution in [3.05, 3.63) is 83.2 Å². The molecule has 3 aromatic carbocycles. The number of carbonyl (C=O) groups is 1. The van der Waals surface area contributed by atoms with Crippen LogP contribution < -0.4 is 19.1 Å². The summed E-state index contributed by atoms with van der Waals surface area (Å²) in [6.45, 7) is 9.69. The van der Waals surface area contributed by atoms with Crippen molar-refractivity contribution in [3.8, 4) is 11.5 Å². The molecule has 0 unspecified atom stereocenters. The van der Waals surface area contributed by atoms with Crippen molar-refractivity contribution in [2.24, 2.45) is 0 Å². The number of amides is 1. The van der Waals surface area contributed by atoms with Crippen LogP contribution in [0.5, 0.6) is 11.5 Å². The Morgan fingerprint density at radius 1 is 1.00 bits per heavy atom. The van der Waals surface area contributed by atoms with Crippen LogP contribution in [0.2, 0.25) is 0 Å². The van der Waals surface area contributed by atoms with Gasteiger partial charge >= 0.3 is 0 Å². The van der Waals surface area contributed by atoms with Crippen LogP contribution in [0.25, 0.3) is 0 Å². The fourth-order valence-corrected chi connectivity index (χ4v) is 5.65. The fraction of sp³-hybridized carbons (Fsp3) is 0.345. The molecule has 204 valence electrons. The number of anilines is 1. The summed E-state index contributed by atoms with van der Waals surface area (Å²) < 4.78 is 52.8. The molecule has 9 heteroatoms. The number of nitrogens with one attached hydrogen (secondary N) is 1. The first-order chi connectivity index (χ1) is 18.0. The van der Waals surface area contributed by atoms with E-state index >= 15 is 0 Å². The van der Waals surface area contributed by atoms with Gasteiger partial charge in [-0.15, -0.1) is 0 Å². The Morgan fingerprint density at radius 3 is 2.18 bits per heavy atom. The van der Waals surface area contributed by atoms with Crippen LogP contribution >= 0.6 is 0 Å². The molecule has 1 atom stereocenters. The molecule has 7 nitrogen and oxygen atoms in total. The van der Waals surface area contributed by atoms with Crippen LogP contribution in [-0.4, -0.2) is 34.6 Å². The van der Waals surface area contributed by atoms with Gasteiger partial charge in [-0.2, -0.15) is 0 Å². The van der Waals surface area contributed by atoms with Gasteiger partial charge in [0.15, 0.2) is 0 Å². The van der Waals surface area contributed by atoms with Crippen molar-refractivity contribution in [3.63, 3.8) is 0 Å². The smallest absolute Gasteiger partial charge is 0.264 e. The molecule has 0 radical (unpaired) electrons. The van der Waals surface area contributed by atoms with Crippen LogP contribution in [0.3, 0.4) is 0 Å². The summed E-state index contributed by atoms with van der Waals surface area (Å²) >= 11 is 0. The molecular weight excluding hydrogens is 507 g/mol. The van der Waals surface area contributed by atoms with Crippen LogP contribution in [0.1, 0.15) is 56.3 Å². The Hall–Kier alpha value is -3.59. The van der Waals surface area contributed by atoms with Gasteiger partial charge in [0.2, 0.25) is 5.91 Å². The lowest BCUT2D eigenvalue weighted by molar-refractivity contribution is -0.120. The summed E-state index contributed by atoms with van der Waals surface area (Å²) in [5.41, 5.74) is 3.04. The number of halogens is 1. The second kappa shape index (κ2) is 12.3. The summed E-state index contributed by atoms with van der Waals surface area (Å²) in [5.74, 6) is 0.505. The molecule has 0 aromatic heterocycles. The van der Waals surface area contributed by atoms with Crippen molar-refractivity contribution in [2.45, 2.75) is 51.5 Å². The number of methoxy groups -OCH3 is 1. The van der Waals surface area contributed by atoms with E-state index in [9.17, 15) is 17.6 Å². The number of carbonyl (C=O) groups excluding carboxylic acids is 1. The normalized spacial score (nSPS) is 12.2. The average molecular weight is 543 g/mol. The van der Waals surface area contributed by atoms with Crippen molar-refractivity contribution >= 4 is 21.6 Å². The SMILES string of the molecule is CCOc1ccc(S(=O)(=O)N(CC(=O)N[C@H](C)c2cc(C(C)C)c(OC)cc2C)c2ccc(F)cc2)cc1. The Balaban J connectivity index is 1.90. The number of rotatable bonds is 11. The van der Waals surface area contributed by atoms with E-state index in [1.54, 1.807) is 19.2 Å². The second-order valence-electron chi connectivity index (χ2n) is 9.29. The van der Waals surface area contributed by atoms with Gasteiger partial charge in [0.25, 0.3) is 10.0 Å². The summed E-state index contributed by atoms with van der Waals surface area (Å²) in [6.07, 6.45) is 0. The number of sulfonamides is 1. The molecule has 0 aliphatic rings. The zero-order chi connectivity index (χ0) is 28.0. The lowest BCUT2D eigenvalue weighted by Crippen LogP contribution is -2.41. The molecule has 0 bridgehead atoms. The predicted molar refractivity (Wildman–Crippen MR) is 147 cm³/mol. The van der Waals surface area contributed by atoms with E-state index in [2.05, 4.69) is 19.2 Å². The third-order valence-electron chi connectivity index (χ3n) is 6.21. The lowest BCUT2D eigenvalue weighted by atomic mass is 9.93. The molecule has 1 amide bonds. The highest BCUT2D eigenvalue weighted by atomic mass is 32.2. The maximum atomic E-state index is 13.6. The average Bonchev–Trinajstić information content (AvgIpc) is 2.87. The fourth-order valence-electron chi connectivity index (χ4n) is 4.23. The number of hydrogen-bond acceptors (Lipinski definition) is 5. The number of nitrogens with zero attached hydrogens (tertiary/aromatic N) is 1. The van der Waals surface area contributed by atoms with Gasteiger partial charge in [-0.25, -0.2) is 12.8 Å². The largest absolute Gasteiger partial charge is 0.496 e. The van der Waals surface area contributed by atoms with Crippen LogP contribution in [0.4, 0.5) is 10.1 Å². The molecule has 38 heavy (non-hydrogen) atoms. The monoisotopic (exact) mass is 542 g/mol. The second-order valence-corrected chi connectivity index (χ2v) is 11.1. The Kier molecular flexibility index (Phi) is 9.38. The summed E-state index contributed by atoms with van der Waals surface area (Å²) in [4.78, 5) is 13.2. The minimum atomic E-state index is -4.15. The summed E-state index contributed by atoms with van der Waals surface area (Å²) in [7, 11) is -2.53. The third-order valence-corrected chi connectivity index (χ3v) is 8.00. The van der Waals surface area contributed by atoms with E-state index in [0.29, 0.717) is 12.4 Å². The molecular formula is C29H35FN2O5S. The number of hydrogen-bond donors (Lipinski definition) is 1. The van der Waals surface area contributed by atoms with Crippen LogP contribution in [0, 0.1) is 12.7 Å². The zero-order valence-corrected chi connectivity index (χ0v) is 23.4. The van der Waals surface area contributed by atoms with E-state index in [4.69, 9.17) is 9.47 Å². The summed E-state index contributed by atoms with van der Waals surface area (Å²) in [5, 5.41) is 2.92. The van der Waals surface area contributed by atoms with Crippen molar-refractivity contribution in [2.75, 3.05) is 24.6 Å². The first-order valence-electron chi connectivity index (χ1n) is 12.5. The van der Waals surface area contributed by atoms with E-state index < -0.39 is 34.3 Å². The van der Waals surface area contributed by atoms with E-state index in [1.807, 2.05) is 32.9 Å². The highest BCUT2D eigenvalue weighted by molar-refractivity contribution is 7.92. The third kappa shape index (κ3) is 6.64. The maximum Gasteiger partial charge on any atom is 0.264 e. The number of benzene rings is 3.